The Morgan fingerprint density at radius 3 is 2.77 bits per heavy atom. The molecule has 120 valence electrons. The second-order valence-electron chi connectivity index (χ2n) is 7.72. The third-order valence-corrected chi connectivity index (χ3v) is 6.29. The van der Waals surface area contributed by atoms with E-state index in [1.165, 1.54) is 33.5 Å². The number of hydrogen-bond acceptors (Lipinski definition) is 6. The third-order valence-electron chi connectivity index (χ3n) is 4.30. The van der Waals surface area contributed by atoms with Crippen molar-refractivity contribution in [2.24, 2.45) is 5.41 Å². The van der Waals surface area contributed by atoms with Gasteiger partial charge >= 0.3 is 0 Å². The first-order valence-corrected chi connectivity index (χ1v) is 9.42. The normalized spacial score (nSPS) is 20.6. The molecule has 2 aromatic heterocycles. The maximum atomic E-state index is 4.92. The summed E-state index contributed by atoms with van der Waals surface area (Å²) in [6.45, 7) is 12.3. The molecule has 0 radical (unpaired) electrons. The smallest absolute Gasteiger partial charge is 0.107 e. The molecule has 6 heteroatoms. The predicted octanol–water partition coefficient (Wildman–Crippen LogP) is 4.10. The van der Waals surface area contributed by atoms with Crippen molar-refractivity contribution in [3.63, 3.8) is 0 Å². The van der Waals surface area contributed by atoms with Crippen molar-refractivity contribution in [2.75, 3.05) is 0 Å². The van der Waals surface area contributed by atoms with E-state index in [-0.39, 0.29) is 11.5 Å². The number of aromatic nitrogens is 3. The van der Waals surface area contributed by atoms with Crippen LogP contribution >= 0.6 is 22.9 Å². The number of nitrogens with zero attached hydrogens (tertiary/aromatic N) is 3. The lowest BCUT2D eigenvalue weighted by Gasteiger charge is -2.39. The Hall–Kier alpha value is -0.850. The van der Waals surface area contributed by atoms with Crippen LogP contribution in [0.1, 0.15) is 68.4 Å². The summed E-state index contributed by atoms with van der Waals surface area (Å²) in [7, 11) is 0. The molecule has 0 saturated carbocycles. The van der Waals surface area contributed by atoms with Gasteiger partial charge in [0.05, 0.1) is 11.4 Å². The van der Waals surface area contributed by atoms with Crippen LogP contribution in [0.5, 0.6) is 0 Å². The molecule has 0 bridgehead atoms. The molecule has 0 amide bonds. The van der Waals surface area contributed by atoms with Crippen molar-refractivity contribution in [1.29, 1.82) is 0 Å². The Morgan fingerprint density at radius 2 is 2.09 bits per heavy atom. The third kappa shape index (κ3) is 3.24. The van der Waals surface area contributed by atoms with Gasteiger partial charge < -0.3 is 5.32 Å². The fourth-order valence-corrected chi connectivity index (χ4v) is 5.30. The summed E-state index contributed by atoms with van der Waals surface area (Å²) in [5, 5.41) is 10.8. The lowest BCUT2D eigenvalue weighted by atomic mass is 9.67. The SMILES string of the molecule is CC(NCc1nc2c(s1)C(C)(C)CC(C)(C)C2)c1csnn1. The molecule has 1 unspecified atom stereocenters. The zero-order valence-electron chi connectivity index (χ0n) is 13.9. The van der Waals surface area contributed by atoms with E-state index in [2.05, 4.69) is 49.5 Å². The molecule has 1 aliphatic rings. The maximum absolute atomic E-state index is 4.92. The van der Waals surface area contributed by atoms with Gasteiger partial charge in [-0.05, 0) is 36.7 Å². The fourth-order valence-electron chi connectivity index (χ4n) is 3.62. The van der Waals surface area contributed by atoms with Crippen molar-refractivity contribution in [1.82, 2.24) is 19.9 Å². The molecule has 2 heterocycles. The van der Waals surface area contributed by atoms with Crippen LogP contribution in [0.25, 0.3) is 0 Å². The number of nitrogens with one attached hydrogen (secondary N) is 1. The van der Waals surface area contributed by atoms with Gasteiger partial charge in [-0.2, -0.15) is 0 Å². The highest BCUT2D eigenvalue weighted by Gasteiger charge is 2.39. The average Bonchev–Trinajstić information content (AvgIpc) is 3.02. The molecular weight excluding hydrogens is 312 g/mol. The highest BCUT2D eigenvalue weighted by atomic mass is 32.1. The van der Waals surface area contributed by atoms with Crippen molar-refractivity contribution < 1.29 is 0 Å². The fraction of sp³-hybridized carbons (Fsp3) is 0.688. The standard InChI is InChI=1S/C16H24N4S2/c1-10(12-8-21-20-19-12)17-7-13-18-11-6-15(2,3)9-16(4,5)14(11)22-13/h8,10,17H,6-7,9H2,1-5H3. The average molecular weight is 337 g/mol. The Kier molecular flexibility index (Phi) is 4.12. The number of thiazole rings is 1. The van der Waals surface area contributed by atoms with E-state index in [1.807, 2.05) is 16.7 Å². The number of rotatable bonds is 4. The molecule has 0 fully saturated rings. The van der Waals surface area contributed by atoms with Gasteiger partial charge in [0.2, 0.25) is 0 Å². The van der Waals surface area contributed by atoms with Crippen molar-refractivity contribution in [2.45, 2.75) is 65.5 Å². The van der Waals surface area contributed by atoms with Crippen LogP contribution < -0.4 is 5.32 Å². The van der Waals surface area contributed by atoms with E-state index in [9.17, 15) is 0 Å². The molecule has 4 nitrogen and oxygen atoms in total. The van der Waals surface area contributed by atoms with Gasteiger partial charge in [-0.3, -0.25) is 0 Å². The molecule has 0 saturated heterocycles. The first kappa shape index (κ1) is 16.0. The first-order valence-electron chi connectivity index (χ1n) is 7.76. The first-order chi connectivity index (χ1) is 10.3. The van der Waals surface area contributed by atoms with Crippen LogP contribution in [-0.2, 0) is 18.4 Å². The van der Waals surface area contributed by atoms with Gasteiger partial charge in [0.25, 0.3) is 0 Å². The summed E-state index contributed by atoms with van der Waals surface area (Å²) in [6, 6.07) is 0.212. The van der Waals surface area contributed by atoms with Crippen molar-refractivity contribution in [3.05, 3.63) is 26.7 Å². The van der Waals surface area contributed by atoms with E-state index in [0.717, 1.165) is 18.7 Å². The van der Waals surface area contributed by atoms with Gasteiger partial charge in [-0.1, -0.05) is 32.2 Å². The molecule has 1 N–H and O–H groups in total. The largest absolute Gasteiger partial charge is 0.302 e. The van der Waals surface area contributed by atoms with E-state index >= 15 is 0 Å². The lowest BCUT2D eigenvalue weighted by molar-refractivity contribution is 0.232. The zero-order chi connectivity index (χ0) is 16.0. The van der Waals surface area contributed by atoms with Crippen LogP contribution in [0.3, 0.4) is 0 Å². The van der Waals surface area contributed by atoms with Crippen LogP contribution in [0.2, 0.25) is 0 Å². The quantitative estimate of drug-likeness (QED) is 0.913. The monoisotopic (exact) mass is 336 g/mol. The Morgan fingerprint density at radius 1 is 1.32 bits per heavy atom. The maximum Gasteiger partial charge on any atom is 0.107 e. The number of fused-ring (bicyclic) bond motifs is 1. The van der Waals surface area contributed by atoms with Gasteiger partial charge in [0, 0.05) is 28.3 Å². The molecular formula is C16H24N4S2. The summed E-state index contributed by atoms with van der Waals surface area (Å²) >= 11 is 3.27. The molecule has 0 spiro atoms. The van der Waals surface area contributed by atoms with Crippen molar-refractivity contribution in [3.8, 4) is 0 Å². The lowest BCUT2D eigenvalue weighted by Crippen LogP contribution is -2.33. The second kappa shape index (κ2) is 5.65. The summed E-state index contributed by atoms with van der Waals surface area (Å²) in [6.07, 6.45) is 2.32. The van der Waals surface area contributed by atoms with Crippen LogP contribution in [0.4, 0.5) is 0 Å². The van der Waals surface area contributed by atoms with Crippen LogP contribution in [0.15, 0.2) is 5.38 Å². The Bertz CT molecular complexity index is 643. The summed E-state index contributed by atoms with van der Waals surface area (Å²) < 4.78 is 3.92. The van der Waals surface area contributed by atoms with Crippen LogP contribution in [0, 0.1) is 5.41 Å². The second-order valence-corrected chi connectivity index (χ2v) is 9.41. The molecule has 22 heavy (non-hydrogen) atoms. The van der Waals surface area contributed by atoms with E-state index < -0.39 is 0 Å². The van der Waals surface area contributed by atoms with E-state index in [4.69, 9.17) is 4.98 Å². The van der Waals surface area contributed by atoms with Gasteiger partial charge in [0.15, 0.2) is 0 Å². The molecule has 3 rings (SSSR count). The summed E-state index contributed by atoms with van der Waals surface area (Å²) in [5.74, 6) is 0. The van der Waals surface area contributed by atoms with Crippen LogP contribution in [-0.4, -0.2) is 14.6 Å². The minimum atomic E-state index is 0.212. The highest BCUT2D eigenvalue weighted by Crippen LogP contribution is 2.47. The summed E-state index contributed by atoms with van der Waals surface area (Å²) in [4.78, 5) is 6.40. The molecule has 0 aliphatic heterocycles. The summed E-state index contributed by atoms with van der Waals surface area (Å²) in [5.41, 5.74) is 2.89. The minimum Gasteiger partial charge on any atom is -0.302 e. The minimum absolute atomic E-state index is 0.212. The molecule has 0 aromatic carbocycles. The number of hydrogen-bond donors (Lipinski definition) is 1. The van der Waals surface area contributed by atoms with Crippen molar-refractivity contribution >= 4 is 22.9 Å². The highest BCUT2D eigenvalue weighted by molar-refractivity contribution is 7.11. The molecule has 1 aliphatic carbocycles. The van der Waals surface area contributed by atoms with Gasteiger partial charge in [-0.15, -0.1) is 16.4 Å². The molecule has 2 aromatic rings. The topological polar surface area (TPSA) is 50.7 Å². The zero-order valence-corrected chi connectivity index (χ0v) is 15.6. The molecule has 1 atom stereocenters. The van der Waals surface area contributed by atoms with Gasteiger partial charge in [-0.25, -0.2) is 4.98 Å². The van der Waals surface area contributed by atoms with E-state index in [0.29, 0.717) is 5.41 Å². The van der Waals surface area contributed by atoms with Gasteiger partial charge in [0.1, 0.15) is 5.01 Å². The predicted molar refractivity (Wildman–Crippen MR) is 92.4 cm³/mol. The Balaban J connectivity index is 1.74. The Labute approximate surface area is 140 Å². The van der Waals surface area contributed by atoms with E-state index in [1.54, 1.807) is 0 Å².